The lowest BCUT2D eigenvalue weighted by molar-refractivity contribution is -0.127. The van der Waals surface area contributed by atoms with Crippen molar-refractivity contribution in [1.29, 1.82) is 0 Å². The topological polar surface area (TPSA) is 105 Å². The summed E-state index contributed by atoms with van der Waals surface area (Å²) in [6.45, 7) is 5.08. The van der Waals surface area contributed by atoms with Gasteiger partial charge in [-0.25, -0.2) is 26.3 Å². The Morgan fingerprint density at radius 3 is 2.46 bits per heavy atom. The highest BCUT2D eigenvalue weighted by Gasteiger charge is 2.59. The standard InChI is InChI=1S/C26H37F3N2O5S/c1-15(2)36-10-11-37(34,35)31-19-12-17(13-20(19)32)24(33)30-23(21-18(27)5-4-16(3)22(21)28)25-6-8-26(29,14-25)9-7-25/h4-5,15,17,19-20,23,31-32H,6-14H2,1-3H3,(H,30,33)/t17-,19-,20+,23+,25?,26?/m0/s1. The van der Waals surface area contributed by atoms with E-state index in [-0.39, 0.29) is 61.7 Å². The number of hydrogen-bond acceptors (Lipinski definition) is 5. The zero-order valence-corrected chi connectivity index (χ0v) is 22.3. The maximum atomic E-state index is 15.3. The van der Waals surface area contributed by atoms with Gasteiger partial charge in [-0.2, -0.15) is 0 Å². The lowest BCUT2D eigenvalue weighted by Gasteiger charge is -2.37. The number of benzene rings is 1. The van der Waals surface area contributed by atoms with Crippen LogP contribution in [0, 0.1) is 29.9 Å². The molecular weight excluding hydrogens is 509 g/mol. The van der Waals surface area contributed by atoms with Crippen LogP contribution in [0.1, 0.15) is 76.0 Å². The molecule has 0 spiro atoms. The Bertz CT molecular complexity index is 1120. The number of rotatable bonds is 10. The van der Waals surface area contributed by atoms with E-state index in [1.807, 2.05) is 0 Å². The number of aryl methyl sites for hydroxylation is 1. The Labute approximate surface area is 216 Å². The van der Waals surface area contributed by atoms with Crippen LogP contribution >= 0.6 is 0 Å². The second-order valence-corrected chi connectivity index (χ2v) is 13.3. The minimum absolute atomic E-state index is 0.00677. The molecule has 37 heavy (non-hydrogen) atoms. The van der Waals surface area contributed by atoms with Crippen molar-refractivity contribution in [2.75, 3.05) is 12.4 Å². The molecule has 1 aromatic carbocycles. The molecule has 0 aromatic heterocycles. The van der Waals surface area contributed by atoms with Gasteiger partial charge in [-0.1, -0.05) is 6.07 Å². The fraction of sp³-hybridized carbons (Fsp3) is 0.731. The largest absolute Gasteiger partial charge is 0.391 e. The first kappa shape index (κ1) is 28.3. The molecule has 0 radical (unpaired) electrons. The molecular formula is C26H37F3N2O5S. The van der Waals surface area contributed by atoms with Gasteiger partial charge in [-0.05, 0) is 82.8 Å². The molecule has 3 aliphatic rings. The molecule has 4 atom stereocenters. The zero-order chi connectivity index (χ0) is 27.2. The summed E-state index contributed by atoms with van der Waals surface area (Å²) in [5.41, 5.74) is -2.25. The van der Waals surface area contributed by atoms with Gasteiger partial charge in [0.15, 0.2) is 0 Å². The normalized spacial score (nSPS) is 32.3. The van der Waals surface area contributed by atoms with E-state index in [0.29, 0.717) is 12.8 Å². The average molecular weight is 547 g/mol. The SMILES string of the molecule is Cc1ccc(F)c([C@@H](NC(=O)[C@@H]2C[C@@H](O)[C@@H](NS(=O)(=O)CCOC(C)C)C2)C23CCC(F)(CC2)C3)c1F. The van der Waals surface area contributed by atoms with E-state index in [4.69, 9.17) is 4.74 Å². The summed E-state index contributed by atoms with van der Waals surface area (Å²) in [6.07, 6.45) is 0.268. The number of carbonyl (C=O) groups excluding carboxylic acids is 1. The van der Waals surface area contributed by atoms with Gasteiger partial charge in [-0.3, -0.25) is 4.79 Å². The highest BCUT2D eigenvalue weighted by Crippen LogP contribution is 2.63. The summed E-state index contributed by atoms with van der Waals surface area (Å²) in [6, 6.07) is 0.536. The summed E-state index contributed by atoms with van der Waals surface area (Å²) in [4.78, 5) is 13.4. The predicted molar refractivity (Wildman–Crippen MR) is 132 cm³/mol. The van der Waals surface area contributed by atoms with Gasteiger partial charge in [0.05, 0.1) is 30.6 Å². The van der Waals surface area contributed by atoms with Crippen molar-refractivity contribution in [3.05, 3.63) is 34.9 Å². The molecule has 3 saturated carbocycles. The first-order valence-corrected chi connectivity index (χ1v) is 14.6. The number of carbonyl (C=O) groups is 1. The molecule has 3 N–H and O–H groups in total. The number of amides is 1. The first-order valence-electron chi connectivity index (χ1n) is 13.0. The molecule has 1 amide bonds. The number of ether oxygens (including phenoxy) is 1. The highest BCUT2D eigenvalue weighted by molar-refractivity contribution is 7.89. The summed E-state index contributed by atoms with van der Waals surface area (Å²) >= 11 is 0. The number of aliphatic hydroxyl groups excluding tert-OH is 1. The van der Waals surface area contributed by atoms with E-state index in [1.54, 1.807) is 13.8 Å². The summed E-state index contributed by atoms with van der Waals surface area (Å²) in [7, 11) is -3.76. The monoisotopic (exact) mass is 546 g/mol. The van der Waals surface area contributed by atoms with Gasteiger partial charge in [-0.15, -0.1) is 0 Å². The molecule has 0 saturated heterocycles. The number of fused-ring (bicyclic) bond motifs is 2. The number of nitrogens with one attached hydrogen (secondary N) is 2. The van der Waals surface area contributed by atoms with Gasteiger partial charge in [0.2, 0.25) is 15.9 Å². The Morgan fingerprint density at radius 1 is 1.19 bits per heavy atom. The molecule has 1 aromatic rings. The molecule has 0 heterocycles. The summed E-state index contributed by atoms with van der Waals surface area (Å²) in [5.74, 6) is -3.16. The Morgan fingerprint density at radius 2 is 1.86 bits per heavy atom. The smallest absolute Gasteiger partial charge is 0.223 e. The number of alkyl halides is 1. The van der Waals surface area contributed by atoms with Crippen LogP contribution in [0.4, 0.5) is 13.2 Å². The first-order chi connectivity index (χ1) is 17.2. The number of sulfonamides is 1. The van der Waals surface area contributed by atoms with Crippen molar-refractivity contribution >= 4 is 15.9 Å². The summed E-state index contributed by atoms with van der Waals surface area (Å²) in [5, 5.41) is 13.3. The number of halogens is 3. The zero-order valence-electron chi connectivity index (χ0n) is 21.5. The third kappa shape index (κ3) is 5.99. The molecule has 0 unspecified atom stereocenters. The summed E-state index contributed by atoms with van der Waals surface area (Å²) < 4.78 is 78.0. The molecule has 4 rings (SSSR count). The molecule has 0 aliphatic heterocycles. The van der Waals surface area contributed by atoms with Crippen LogP contribution in [0.5, 0.6) is 0 Å². The fourth-order valence-electron chi connectivity index (χ4n) is 6.35. The van der Waals surface area contributed by atoms with Crippen molar-refractivity contribution in [2.24, 2.45) is 11.3 Å². The fourth-order valence-corrected chi connectivity index (χ4v) is 7.49. The van der Waals surface area contributed by atoms with Gasteiger partial charge in [0, 0.05) is 17.5 Å². The van der Waals surface area contributed by atoms with E-state index in [9.17, 15) is 18.3 Å². The number of aliphatic hydroxyl groups is 1. The molecule has 2 bridgehead atoms. The minimum Gasteiger partial charge on any atom is -0.391 e. The quantitative estimate of drug-likeness (QED) is 0.416. The van der Waals surface area contributed by atoms with Crippen LogP contribution < -0.4 is 10.0 Å². The molecule has 3 aliphatic carbocycles. The molecule has 7 nitrogen and oxygen atoms in total. The van der Waals surface area contributed by atoms with E-state index >= 15 is 13.2 Å². The van der Waals surface area contributed by atoms with Gasteiger partial charge >= 0.3 is 0 Å². The second-order valence-electron chi connectivity index (χ2n) is 11.4. The van der Waals surface area contributed by atoms with Crippen LogP contribution in [0.25, 0.3) is 0 Å². The third-order valence-electron chi connectivity index (χ3n) is 8.35. The van der Waals surface area contributed by atoms with Crippen LogP contribution in [0.15, 0.2) is 12.1 Å². The maximum Gasteiger partial charge on any atom is 0.223 e. The lowest BCUT2D eigenvalue weighted by atomic mass is 9.73. The third-order valence-corrected chi connectivity index (χ3v) is 9.72. The highest BCUT2D eigenvalue weighted by atomic mass is 32.2. The van der Waals surface area contributed by atoms with Gasteiger partial charge in [0.25, 0.3) is 0 Å². The van der Waals surface area contributed by atoms with Gasteiger partial charge < -0.3 is 15.2 Å². The Hall–Kier alpha value is -1.69. The predicted octanol–water partition coefficient (Wildman–Crippen LogP) is 3.59. The Kier molecular flexibility index (Phi) is 8.01. The van der Waals surface area contributed by atoms with Gasteiger partial charge in [0.1, 0.15) is 17.3 Å². The van der Waals surface area contributed by atoms with E-state index < -0.39 is 62.8 Å². The van der Waals surface area contributed by atoms with Crippen LogP contribution in [0.2, 0.25) is 0 Å². The van der Waals surface area contributed by atoms with Crippen molar-refractivity contribution < 1.29 is 36.2 Å². The average Bonchev–Trinajstić information content (AvgIpc) is 3.46. The minimum atomic E-state index is -3.76. The van der Waals surface area contributed by atoms with E-state index in [2.05, 4.69) is 10.0 Å². The lowest BCUT2D eigenvalue weighted by Crippen LogP contribution is -2.43. The Balaban J connectivity index is 1.51. The van der Waals surface area contributed by atoms with Crippen molar-refractivity contribution in [3.63, 3.8) is 0 Å². The molecule has 11 heteroatoms. The van der Waals surface area contributed by atoms with Crippen LogP contribution in [0.3, 0.4) is 0 Å². The number of hydrogen-bond donors (Lipinski definition) is 3. The van der Waals surface area contributed by atoms with Crippen LogP contribution in [-0.4, -0.2) is 55.7 Å². The van der Waals surface area contributed by atoms with Crippen molar-refractivity contribution in [3.8, 4) is 0 Å². The van der Waals surface area contributed by atoms with Crippen molar-refractivity contribution in [2.45, 2.75) is 95.7 Å². The van der Waals surface area contributed by atoms with Crippen LogP contribution in [-0.2, 0) is 19.6 Å². The second kappa shape index (κ2) is 10.5. The van der Waals surface area contributed by atoms with E-state index in [1.165, 1.54) is 13.0 Å². The molecule has 208 valence electrons. The van der Waals surface area contributed by atoms with Crippen molar-refractivity contribution in [1.82, 2.24) is 10.0 Å². The maximum absolute atomic E-state index is 15.3. The molecule has 3 fully saturated rings. The van der Waals surface area contributed by atoms with E-state index in [0.717, 1.165) is 6.07 Å².